The summed E-state index contributed by atoms with van der Waals surface area (Å²) in [5.41, 5.74) is 0. The molecule has 0 atom stereocenters. The molecule has 0 aliphatic rings. The molecule has 0 heterocycles. The Kier molecular flexibility index (Phi) is 63.3. The van der Waals surface area contributed by atoms with Crippen molar-refractivity contribution < 1.29 is 52.6 Å². The minimum absolute atomic E-state index is 0.249. The Bertz CT molecular complexity index is 671. The van der Waals surface area contributed by atoms with Crippen LogP contribution in [0.1, 0.15) is 122 Å². The molecule has 14 heteroatoms. The number of rotatable bonds is 37. The lowest BCUT2D eigenvalue weighted by molar-refractivity contribution is -0.159. The van der Waals surface area contributed by atoms with Gasteiger partial charge < -0.3 is 54.2 Å². The van der Waals surface area contributed by atoms with Gasteiger partial charge in [0.2, 0.25) is 0 Å². The van der Waals surface area contributed by atoms with Gasteiger partial charge in [-0.2, -0.15) is 0 Å². The highest BCUT2D eigenvalue weighted by Crippen LogP contribution is 2.12. The van der Waals surface area contributed by atoms with Crippen LogP contribution in [0.5, 0.6) is 0 Å². The summed E-state index contributed by atoms with van der Waals surface area (Å²) in [6, 6.07) is 0. The normalized spacial score (nSPS) is 10.4. The number of ether oxygens (including phenoxy) is 7. The van der Waals surface area contributed by atoms with Gasteiger partial charge in [-0.25, -0.2) is 0 Å². The van der Waals surface area contributed by atoms with Crippen molar-refractivity contribution in [1.29, 1.82) is 0 Å². The van der Waals surface area contributed by atoms with Crippen LogP contribution in [0.25, 0.3) is 0 Å². The molecule has 0 aromatic heterocycles. The molecule has 0 fully saturated rings. The largest absolute Gasteiger partial charge is 0.481 e. The lowest BCUT2D eigenvalue weighted by atomic mass is 10.1. The minimum atomic E-state index is -0.731. The van der Waals surface area contributed by atoms with E-state index in [2.05, 4.69) is 22.9 Å². The van der Waals surface area contributed by atoms with Gasteiger partial charge in [-0.05, 0) is 19.3 Å². The Morgan fingerprint density at radius 1 is 0.389 bits per heavy atom. The van der Waals surface area contributed by atoms with Gasteiger partial charge in [-0.3, -0.25) is 14.4 Å². The molecule has 0 rings (SSSR count). The van der Waals surface area contributed by atoms with E-state index in [9.17, 15) is 14.4 Å². The molecule has 0 radical (unpaired) electrons. The van der Waals surface area contributed by atoms with E-state index in [-0.39, 0.29) is 12.4 Å². The van der Waals surface area contributed by atoms with Crippen LogP contribution in [-0.2, 0) is 47.5 Å². The second-order valence-electron chi connectivity index (χ2n) is 12.6. The van der Waals surface area contributed by atoms with E-state index in [1.165, 1.54) is 32.1 Å². The number of carboxylic acid groups (broad SMARTS) is 1. The van der Waals surface area contributed by atoms with Crippen molar-refractivity contribution in [2.45, 2.75) is 122 Å². The average Bonchev–Trinajstić information content (AvgIpc) is 3.16. The van der Waals surface area contributed by atoms with E-state index in [0.717, 1.165) is 143 Å². The number of carboxylic acids is 1. The number of aliphatic carboxylic acids is 1. The van der Waals surface area contributed by atoms with E-state index in [0.29, 0.717) is 12.8 Å². The molecule has 54 heavy (non-hydrogen) atoms. The Hall–Kier alpha value is -1.75. The molecule has 0 aromatic carbocycles. The standard InChI is InChI=1S/C22H40O5.3C6H15NO2/c1-2-3-4-5-6-9-12-15-18-21(25)27-22(26)19-16-13-10-7-8-11-14-17-20(23)24;3*1-8-5-3-7-4-6-9-2/h2-19H2,1H3,(H,23,24);3*7H,3-6H2,1-2H3. The van der Waals surface area contributed by atoms with Crippen LogP contribution in [0.2, 0.25) is 0 Å². The van der Waals surface area contributed by atoms with Crippen molar-refractivity contribution in [1.82, 2.24) is 16.0 Å². The second kappa shape index (κ2) is 58.0. The molecule has 0 unspecified atom stereocenters. The quantitative estimate of drug-likeness (QED) is 0.0339. The smallest absolute Gasteiger partial charge is 0.313 e. The fourth-order valence-corrected chi connectivity index (χ4v) is 4.48. The highest BCUT2D eigenvalue weighted by atomic mass is 16.6. The number of carbonyl (C=O) groups excluding carboxylic acids is 2. The van der Waals surface area contributed by atoms with Crippen molar-refractivity contribution in [3.8, 4) is 0 Å². The SMILES string of the molecule is CCCCCCCCCCC(=O)OC(=O)CCCCCCCCCC(=O)O.COCCNCCOC.COCCNCCOC.COCCNCCOC. The Balaban J connectivity index is -0.000000374. The molecule has 4 N–H and O–H groups in total. The van der Waals surface area contributed by atoms with Crippen LogP contribution in [0.15, 0.2) is 0 Å². The topological polar surface area (TPSA) is 172 Å². The van der Waals surface area contributed by atoms with Gasteiger partial charge in [-0.15, -0.1) is 0 Å². The van der Waals surface area contributed by atoms with Crippen molar-refractivity contribution in [2.24, 2.45) is 0 Å². The summed E-state index contributed by atoms with van der Waals surface area (Å²) < 4.78 is 33.8. The monoisotopic (exact) mass is 784 g/mol. The Morgan fingerprint density at radius 3 is 0.870 bits per heavy atom. The number of hydrogen-bond donors (Lipinski definition) is 4. The summed E-state index contributed by atoms with van der Waals surface area (Å²) in [6.07, 6.45) is 16.8. The van der Waals surface area contributed by atoms with Crippen LogP contribution >= 0.6 is 0 Å². The van der Waals surface area contributed by atoms with Crippen LogP contribution in [0.4, 0.5) is 0 Å². The van der Waals surface area contributed by atoms with Gasteiger partial charge in [0, 0.05) is 101 Å². The maximum absolute atomic E-state index is 11.6. The fraction of sp³-hybridized carbons (Fsp3) is 0.925. The molecule has 0 spiro atoms. The molecule has 0 aliphatic heterocycles. The molecule has 0 saturated carbocycles. The van der Waals surface area contributed by atoms with Crippen molar-refractivity contribution in [3.05, 3.63) is 0 Å². The van der Waals surface area contributed by atoms with Crippen LogP contribution in [0, 0.1) is 0 Å². The number of esters is 2. The zero-order valence-corrected chi connectivity index (χ0v) is 35.7. The molecular weight excluding hydrogens is 698 g/mol. The third kappa shape index (κ3) is 68.3. The number of methoxy groups -OCH3 is 6. The van der Waals surface area contributed by atoms with E-state index >= 15 is 0 Å². The lowest BCUT2D eigenvalue weighted by Crippen LogP contribution is -2.23. The summed E-state index contributed by atoms with van der Waals surface area (Å²) in [5.74, 6) is -1.52. The van der Waals surface area contributed by atoms with E-state index in [4.69, 9.17) is 38.3 Å². The summed E-state index contributed by atoms with van der Waals surface area (Å²) in [4.78, 5) is 33.6. The average molecular weight is 784 g/mol. The van der Waals surface area contributed by atoms with E-state index in [1.54, 1.807) is 42.7 Å². The fourth-order valence-electron chi connectivity index (χ4n) is 4.48. The van der Waals surface area contributed by atoms with Gasteiger partial charge in [0.05, 0.1) is 39.6 Å². The molecule has 0 bridgehead atoms. The molecule has 0 amide bonds. The highest BCUT2D eigenvalue weighted by molar-refractivity contribution is 5.85. The minimum Gasteiger partial charge on any atom is -0.481 e. The number of hydrogen-bond acceptors (Lipinski definition) is 13. The van der Waals surface area contributed by atoms with Crippen LogP contribution in [-0.4, -0.2) is 145 Å². The molecule has 0 aromatic rings. The third-order valence-corrected chi connectivity index (χ3v) is 7.63. The first-order chi connectivity index (χ1) is 26.3. The number of nitrogens with one attached hydrogen (secondary N) is 3. The zero-order chi connectivity index (χ0) is 41.0. The van der Waals surface area contributed by atoms with Gasteiger partial charge in [0.25, 0.3) is 0 Å². The summed E-state index contributed by atoms with van der Waals surface area (Å²) >= 11 is 0. The van der Waals surface area contributed by atoms with Crippen LogP contribution in [0.3, 0.4) is 0 Å². The summed E-state index contributed by atoms with van der Waals surface area (Å²) in [5, 5.41) is 18.0. The first-order valence-electron chi connectivity index (χ1n) is 20.3. The van der Waals surface area contributed by atoms with Gasteiger partial charge in [0.15, 0.2) is 0 Å². The first-order valence-corrected chi connectivity index (χ1v) is 20.3. The lowest BCUT2D eigenvalue weighted by Gasteiger charge is -2.04. The zero-order valence-electron chi connectivity index (χ0n) is 35.7. The van der Waals surface area contributed by atoms with Crippen molar-refractivity contribution >= 4 is 17.9 Å². The molecule has 14 nitrogen and oxygen atoms in total. The molecule has 0 aliphatic carbocycles. The van der Waals surface area contributed by atoms with E-state index < -0.39 is 11.9 Å². The van der Waals surface area contributed by atoms with E-state index in [1.807, 2.05) is 0 Å². The second-order valence-corrected chi connectivity index (χ2v) is 12.6. The third-order valence-electron chi connectivity index (χ3n) is 7.63. The summed E-state index contributed by atoms with van der Waals surface area (Å²) in [7, 11) is 10.2. The predicted octanol–water partition coefficient (Wildman–Crippen LogP) is 5.79. The first kappa shape index (κ1) is 58.9. The Labute approximate surface area is 330 Å². The molecule has 326 valence electrons. The van der Waals surface area contributed by atoms with Crippen LogP contribution < -0.4 is 16.0 Å². The predicted molar refractivity (Wildman–Crippen MR) is 217 cm³/mol. The number of unbranched alkanes of at least 4 members (excludes halogenated alkanes) is 13. The highest BCUT2D eigenvalue weighted by Gasteiger charge is 2.10. The van der Waals surface area contributed by atoms with Crippen molar-refractivity contribution in [2.75, 3.05) is 122 Å². The maximum atomic E-state index is 11.6. The molecular formula is C40H85N3O11. The van der Waals surface area contributed by atoms with Gasteiger partial charge >= 0.3 is 17.9 Å². The number of carbonyl (C=O) groups is 3. The Morgan fingerprint density at radius 2 is 0.630 bits per heavy atom. The molecule has 0 saturated heterocycles. The maximum Gasteiger partial charge on any atom is 0.313 e. The van der Waals surface area contributed by atoms with Gasteiger partial charge in [-0.1, -0.05) is 84.0 Å². The van der Waals surface area contributed by atoms with Gasteiger partial charge in [0.1, 0.15) is 0 Å². The summed E-state index contributed by atoms with van der Waals surface area (Å²) in [6.45, 7) is 12.2. The van der Waals surface area contributed by atoms with Crippen molar-refractivity contribution in [3.63, 3.8) is 0 Å².